The summed E-state index contributed by atoms with van der Waals surface area (Å²) >= 11 is 0. The first kappa shape index (κ1) is 15.3. The highest BCUT2D eigenvalue weighted by molar-refractivity contribution is 7.91. The molecule has 2 unspecified atom stereocenters. The molecule has 2 rings (SSSR count). The van der Waals surface area contributed by atoms with Crippen LogP contribution in [0.5, 0.6) is 0 Å². The lowest BCUT2D eigenvalue weighted by Crippen LogP contribution is -2.46. The number of nitrogens with one attached hydrogen (secondary N) is 1. The molecule has 1 N–H and O–H groups in total. The maximum Gasteiger partial charge on any atom is 0.416 e. The molecule has 0 aromatic heterocycles. The van der Waals surface area contributed by atoms with Crippen LogP contribution >= 0.6 is 0 Å². The summed E-state index contributed by atoms with van der Waals surface area (Å²) in [5, 5.41) is 3.17. The van der Waals surface area contributed by atoms with E-state index >= 15 is 0 Å². The van der Waals surface area contributed by atoms with Gasteiger partial charge in [0.25, 0.3) is 0 Å². The van der Waals surface area contributed by atoms with Gasteiger partial charge >= 0.3 is 6.18 Å². The normalized spacial score (nSPS) is 26.4. The Morgan fingerprint density at radius 1 is 1.20 bits per heavy atom. The summed E-state index contributed by atoms with van der Waals surface area (Å²) in [6, 6.07) is 4.06. The zero-order valence-corrected chi connectivity index (χ0v) is 11.8. The van der Waals surface area contributed by atoms with E-state index in [0.29, 0.717) is 12.0 Å². The molecule has 0 saturated carbocycles. The van der Waals surface area contributed by atoms with Gasteiger partial charge in [0.2, 0.25) is 0 Å². The van der Waals surface area contributed by atoms with E-state index in [1.54, 1.807) is 0 Å². The molecular formula is C13H16F3NO2S. The van der Waals surface area contributed by atoms with E-state index in [4.69, 9.17) is 0 Å². The second-order valence-corrected chi connectivity index (χ2v) is 7.17. The predicted octanol–water partition coefficient (Wildman–Crippen LogP) is 2.54. The SMILES string of the molecule is CCC1CS(=O)(=O)CC(c2ccc(C(F)(F)F)cc2)N1. The van der Waals surface area contributed by atoms with E-state index in [0.717, 1.165) is 12.1 Å². The first-order valence-corrected chi connectivity index (χ1v) is 8.17. The van der Waals surface area contributed by atoms with Gasteiger partial charge in [-0.25, -0.2) is 8.42 Å². The van der Waals surface area contributed by atoms with Gasteiger partial charge in [0.05, 0.1) is 17.1 Å². The van der Waals surface area contributed by atoms with Gasteiger partial charge in [-0.1, -0.05) is 19.1 Å². The van der Waals surface area contributed by atoms with Crippen molar-refractivity contribution in [3.8, 4) is 0 Å². The molecule has 1 fully saturated rings. The Bertz CT molecular complexity index is 566. The average Bonchev–Trinajstić information content (AvgIpc) is 2.36. The Labute approximate surface area is 116 Å². The number of hydrogen-bond acceptors (Lipinski definition) is 3. The van der Waals surface area contributed by atoms with Crippen molar-refractivity contribution in [1.82, 2.24) is 5.32 Å². The van der Waals surface area contributed by atoms with Crippen molar-refractivity contribution < 1.29 is 21.6 Å². The van der Waals surface area contributed by atoms with Gasteiger partial charge in [-0.15, -0.1) is 0 Å². The smallest absolute Gasteiger partial charge is 0.305 e. The number of hydrogen-bond donors (Lipinski definition) is 1. The molecule has 112 valence electrons. The molecule has 0 spiro atoms. The number of rotatable bonds is 2. The van der Waals surface area contributed by atoms with Gasteiger partial charge in [-0.3, -0.25) is 0 Å². The van der Waals surface area contributed by atoms with Crippen LogP contribution < -0.4 is 5.32 Å². The number of sulfone groups is 1. The van der Waals surface area contributed by atoms with Crippen LogP contribution in [0.25, 0.3) is 0 Å². The van der Waals surface area contributed by atoms with Crippen LogP contribution in [0.15, 0.2) is 24.3 Å². The predicted molar refractivity (Wildman–Crippen MR) is 70.1 cm³/mol. The van der Waals surface area contributed by atoms with Gasteiger partial charge in [-0.05, 0) is 24.1 Å². The molecule has 1 aromatic rings. The fraction of sp³-hybridized carbons (Fsp3) is 0.538. The summed E-state index contributed by atoms with van der Waals surface area (Å²) in [5.41, 5.74) is -0.160. The van der Waals surface area contributed by atoms with Crippen molar-refractivity contribution in [2.45, 2.75) is 31.6 Å². The fourth-order valence-electron chi connectivity index (χ4n) is 2.34. The third kappa shape index (κ3) is 3.52. The van der Waals surface area contributed by atoms with Crippen LogP contribution in [0.3, 0.4) is 0 Å². The van der Waals surface area contributed by atoms with E-state index < -0.39 is 27.6 Å². The highest BCUT2D eigenvalue weighted by atomic mass is 32.2. The van der Waals surface area contributed by atoms with Crippen LogP contribution in [-0.4, -0.2) is 26.0 Å². The van der Waals surface area contributed by atoms with Gasteiger partial charge in [0.1, 0.15) is 0 Å². The third-order valence-electron chi connectivity index (χ3n) is 3.45. The van der Waals surface area contributed by atoms with E-state index in [1.165, 1.54) is 12.1 Å². The molecule has 20 heavy (non-hydrogen) atoms. The number of alkyl halides is 3. The second-order valence-electron chi connectivity index (χ2n) is 5.02. The molecule has 2 atom stereocenters. The van der Waals surface area contributed by atoms with Crippen LogP contribution in [0.1, 0.15) is 30.5 Å². The number of halogens is 3. The van der Waals surface area contributed by atoms with Crippen molar-refractivity contribution in [3.63, 3.8) is 0 Å². The molecule has 3 nitrogen and oxygen atoms in total. The van der Waals surface area contributed by atoms with Crippen molar-refractivity contribution in [2.24, 2.45) is 0 Å². The van der Waals surface area contributed by atoms with Crippen molar-refractivity contribution >= 4 is 9.84 Å². The molecule has 1 aromatic carbocycles. The van der Waals surface area contributed by atoms with Gasteiger partial charge in [0, 0.05) is 12.1 Å². The highest BCUT2D eigenvalue weighted by Crippen LogP contribution is 2.30. The largest absolute Gasteiger partial charge is 0.416 e. The van der Waals surface area contributed by atoms with E-state index in [-0.39, 0.29) is 17.5 Å². The first-order chi connectivity index (χ1) is 9.21. The Morgan fingerprint density at radius 2 is 1.80 bits per heavy atom. The topological polar surface area (TPSA) is 46.2 Å². The summed E-state index contributed by atoms with van der Waals surface area (Å²) < 4.78 is 61.1. The average molecular weight is 307 g/mol. The van der Waals surface area contributed by atoms with Gasteiger partial charge in [0.15, 0.2) is 9.84 Å². The van der Waals surface area contributed by atoms with Crippen molar-refractivity contribution in [3.05, 3.63) is 35.4 Å². The van der Waals surface area contributed by atoms with Gasteiger partial charge < -0.3 is 5.32 Å². The minimum atomic E-state index is -4.38. The minimum Gasteiger partial charge on any atom is -0.305 e. The molecule has 1 aliphatic rings. The van der Waals surface area contributed by atoms with E-state index in [9.17, 15) is 21.6 Å². The summed E-state index contributed by atoms with van der Waals surface area (Å²) in [4.78, 5) is 0. The van der Waals surface area contributed by atoms with Gasteiger partial charge in [-0.2, -0.15) is 13.2 Å². The minimum absolute atomic E-state index is 0.0745. The molecule has 0 bridgehead atoms. The third-order valence-corrected chi connectivity index (χ3v) is 5.20. The maximum atomic E-state index is 12.5. The lowest BCUT2D eigenvalue weighted by Gasteiger charge is -2.30. The maximum absolute atomic E-state index is 12.5. The van der Waals surface area contributed by atoms with Crippen molar-refractivity contribution in [1.29, 1.82) is 0 Å². The zero-order chi connectivity index (χ0) is 15.0. The Balaban J connectivity index is 2.23. The Hall–Kier alpha value is -1.08. The number of benzene rings is 1. The van der Waals surface area contributed by atoms with E-state index in [2.05, 4.69) is 5.32 Å². The first-order valence-electron chi connectivity index (χ1n) is 6.35. The van der Waals surface area contributed by atoms with E-state index in [1.807, 2.05) is 6.92 Å². The Morgan fingerprint density at radius 3 is 2.30 bits per heavy atom. The molecule has 1 aliphatic heterocycles. The van der Waals surface area contributed by atoms with Crippen molar-refractivity contribution in [2.75, 3.05) is 11.5 Å². The second kappa shape index (κ2) is 5.37. The molecule has 0 amide bonds. The summed E-state index contributed by atoms with van der Waals surface area (Å²) in [6.45, 7) is 1.88. The van der Waals surface area contributed by atoms with Crippen LogP contribution in [-0.2, 0) is 16.0 Å². The lowest BCUT2D eigenvalue weighted by atomic mass is 10.0. The fourth-order valence-corrected chi connectivity index (χ4v) is 4.22. The molecule has 1 saturated heterocycles. The van der Waals surface area contributed by atoms with Crippen LogP contribution in [0.4, 0.5) is 13.2 Å². The summed E-state index contributed by atoms with van der Waals surface area (Å²) in [7, 11) is -3.16. The standard InChI is InChI=1S/C13H16F3NO2S/c1-2-11-7-20(18,19)8-12(17-11)9-3-5-10(6-4-9)13(14,15)16/h3-6,11-12,17H,2,7-8H2,1H3. The van der Waals surface area contributed by atoms with Crippen LogP contribution in [0, 0.1) is 0 Å². The molecule has 7 heteroatoms. The monoisotopic (exact) mass is 307 g/mol. The molecule has 1 heterocycles. The quantitative estimate of drug-likeness (QED) is 0.913. The molecule has 0 radical (unpaired) electrons. The molecule has 0 aliphatic carbocycles. The van der Waals surface area contributed by atoms with Crippen LogP contribution in [0.2, 0.25) is 0 Å². The zero-order valence-electron chi connectivity index (χ0n) is 10.9. The lowest BCUT2D eigenvalue weighted by molar-refractivity contribution is -0.137. The molecular weight excluding hydrogens is 291 g/mol. The highest BCUT2D eigenvalue weighted by Gasteiger charge is 2.33. The Kier molecular flexibility index (Phi) is 4.11. The summed E-state index contributed by atoms with van der Waals surface area (Å²) in [6.07, 6.45) is -3.72. The summed E-state index contributed by atoms with van der Waals surface area (Å²) in [5.74, 6) is 0.00942.